The maximum atomic E-state index is 12.5. The Labute approximate surface area is 142 Å². The van der Waals surface area contributed by atoms with Gasteiger partial charge >= 0.3 is 6.03 Å². The van der Waals surface area contributed by atoms with E-state index in [1.807, 2.05) is 29.8 Å². The minimum atomic E-state index is -0.584. The Kier molecular flexibility index (Phi) is 5.27. The first-order valence-corrected chi connectivity index (χ1v) is 9.18. The molecule has 0 spiro atoms. The van der Waals surface area contributed by atoms with Crippen molar-refractivity contribution in [2.45, 2.75) is 25.5 Å². The van der Waals surface area contributed by atoms with Crippen LogP contribution in [0.4, 0.5) is 9.93 Å². The average molecular weight is 353 g/mol. The third kappa shape index (κ3) is 4.08. The van der Waals surface area contributed by atoms with E-state index in [4.69, 9.17) is 4.74 Å². The number of ether oxygens (including phenoxy) is 1. The molecule has 3 heterocycles. The maximum absolute atomic E-state index is 12.5. The molecule has 0 radical (unpaired) electrons. The van der Waals surface area contributed by atoms with Gasteiger partial charge in [0, 0.05) is 23.2 Å². The molecule has 2 aromatic heterocycles. The Morgan fingerprint density at radius 3 is 3.17 bits per heavy atom. The number of nitrogens with zero attached hydrogens (tertiary/aromatic N) is 2. The fourth-order valence-electron chi connectivity index (χ4n) is 2.55. The fourth-order valence-corrected chi connectivity index (χ4v) is 3.95. The minimum Gasteiger partial charge on any atom is -0.387 e. The first kappa shape index (κ1) is 16.4. The molecule has 2 N–H and O–H groups in total. The lowest BCUT2D eigenvalue weighted by atomic mass is 10.1. The van der Waals surface area contributed by atoms with E-state index in [9.17, 15) is 9.90 Å². The number of hydrogen-bond donors (Lipinski definition) is 2. The number of amides is 2. The molecule has 2 amide bonds. The van der Waals surface area contributed by atoms with Gasteiger partial charge in [0.25, 0.3) is 0 Å². The largest absolute Gasteiger partial charge is 0.387 e. The predicted molar refractivity (Wildman–Crippen MR) is 91.1 cm³/mol. The zero-order valence-corrected chi connectivity index (χ0v) is 14.4. The molecule has 0 bridgehead atoms. The number of nitrogens with one attached hydrogen (secondary N) is 1. The van der Waals surface area contributed by atoms with Gasteiger partial charge in [-0.1, -0.05) is 6.07 Å². The summed E-state index contributed by atoms with van der Waals surface area (Å²) in [6, 6.07) is 3.48. The number of hydrogen-bond acceptors (Lipinski definition) is 6. The zero-order chi connectivity index (χ0) is 16.2. The average Bonchev–Trinajstić information content (AvgIpc) is 3.19. The third-order valence-electron chi connectivity index (χ3n) is 3.69. The van der Waals surface area contributed by atoms with Gasteiger partial charge in [0.1, 0.15) is 0 Å². The molecule has 3 rings (SSSR count). The lowest BCUT2D eigenvalue weighted by molar-refractivity contribution is -0.00382. The predicted octanol–water partition coefficient (Wildman–Crippen LogP) is 2.87. The van der Waals surface area contributed by atoms with Crippen LogP contribution < -0.4 is 5.32 Å². The summed E-state index contributed by atoms with van der Waals surface area (Å²) in [5.74, 6) is 0. The molecule has 1 fully saturated rings. The number of aryl methyl sites for hydroxylation is 1. The van der Waals surface area contributed by atoms with Crippen LogP contribution in [0.3, 0.4) is 0 Å². The first-order chi connectivity index (χ1) is 11.1. The SMILES string of the molecule is Cc1csc(NC(=O)N2CCOC[C@@H]2C[C@H](O)c2cccs2)n1. The normalized spacial score (nSPS) is 19.6. The number of aromatic nitrogens is 1. The van der Waals surface area contributed by atoms with Crippen LogP contribution in [0, 0.1) is 6.92 Å². The lowest BCUT2D eigenvalue weighted by Crippen LogP contribution is -2.50. The number of aliphatic hydroxyl groups excluding tert-OH is 1. The van der Waals surface area contributed by atoms with E-state index in [1.165, 1.54) is 22.7 Å². The number of carbonyl (C=O) groups is 1. The highest BCUT2D eigenvalue weighted by molar-refractivity contribution is 7.13. The Morgan fingerprint density at radius 1 is 1.61 bits per heavy atom. The summed E-state index contributed by atoms with van der Waals surface area (Å²) in [4.78, 5) is 19.4. The second-order valence-electron chi connectivity index (χ2n) is 5.41. The van der Waals surface area contributed by atoms with Crippen LogP contribution in [0.1, 0.15) is 23.1 Å². The van der Waals surface area contributed by atoms with Gasteiger partial charge in [-0.2, -0.15) is 0 Å². The van der Waals surface area contributed by atoms with E-state index in [-0.39, 0.29) is 12.1 Å². The van der Waals surface area contributed by atoms with E-state index >= 15 is 0 Å². The van der Waals surface area contributed by atoms with Crippen molar-refractivity contribution in [3.63, 3.8) is 0 Å². The Hall–Kier alpha value is -1.48. The van der Waals surface area contributed by atoms with Gasteiger partial charge in [-0.3, -0.25) is 5.32 Å². The molecule has 1 saturated heterocycles. The first-order valence-electron chi connectivity index (χ1n) is 7.42. The number of carbonyl (C=O) groups excluding carboxylic acids is 1. The molecule has 0 aromatic carbocycles. The molecule has 0 unspecified atom stereocenters. The standard InChI is InChI=1S/C15H19N3O3S2/c1-10-9-23-14(16-10)17-15(20)18-4-5-21-8-11(18)7-12(19)13-3-2-6-22-13/h2-3,6,9,11-12,19H,4-5,7-8H2,1H3,(H,16,17,20)/t11-,12-/m0/s1. The number of rotatable bonds is 4. The Morgan fingerprint density at radius 2 is 2.48 bits per heavy atom. The molecule has 1 aliphatic rings. The third-order valence-corrected chi connectivity index (χ3v) is 5.54. The molecular formula is C15H19N3O3S2. The molecule has 2 atom stereocenters. The van der Waals surface area contributed by atoms with Gasteiger partial charge in [-0.25, -0.2) is 9.78 Å². The maximum Gasteiger partial charge on any atom is 0.324 e. The highest BCUT2D eigenvalue weighted by atomic mass is 32.1. The monoisotopic (exact) mass is 353 g/mol. The van der Waals surface area contributed by atoms with Gasteiger partial charge in [-0.15, -0.1) is 22.7 Å². The topological polar surface area (TPSA) is 74.7 Å². The van der Waals surface area contributed by atoms with Crippen molar-refractivity contribution in [1.82, 2.24) is 9.88 Å². The van der Waals surface area contributed by atoms with Crippen LogP contribution in [0.25, 0.3) is 0 Å². The number of thiazole rings is 1. The molecule has 0 saturated carbocycles. The summed E-state index contributed by atoms with van der Waals surface area (Å²) in [5, 5.41) is 17.6. The van der Waals surface area contributed by atoms with Crippen LogP contribution in [0.5, 0.6) is 0 Å². The smallest absolute Gasteiger partial charge is 0.324 e. The molecule has 0 aliphatic carbocycles. The molecular weight excluding hydrogens is 334 g/mol. The molecule has 2 aromatic rings. The second-order valence-corrected chi connectivity index (χ2v) is 7.25. The van der Waals surface area contributed by atoms with Crippen LogP contribution in [0.15, 0.2) is 22.9 Å². The van der Waals surface area contributed by atoms with Gasteiger partial charge < -0.3 is 14.7 Å². The van der Waals surface area contributed by atoms with Crippen molar-refractivity contribution in [1.29, 1.82) is 0 Å². The molecule has 1 aliphatic heterocycles. The number of aliphatic hydroxyl groups is 1. The van der Waals surface area contributed by atoms with Crippen molar-refractivity contribution < 1.29 is 14.6 Å². The number of urea groups is 1. The second kappa shape index (κ2) is 7.39. The summed E-state index contributed by atoms with van der Waals surface area (Å²) >= 11 is 2.92. The van der Waals surface area contributed by atoms with Gasteiger partial charge in [-0.05, 0) is 18.4 Å². The zero-order valence-electron chi connectivity index (χ0n) is 12.8. The number of anilines is 1. The van der Waals surface area contributed by atoms with E-state index in [1.54, 1.807) is 4.90 Å². The molecule has 8 heteroatoms. The summed E-state index contributed by atoms with van der Waals surface area (Å²) in [6.07, 6.45) is -0.121. The van der Waals surface area contributed by atoms with Crippen molar-refractivity contribution >= 4 is 33.8 Å². The van der Waals surface area contributed by atoms with Gasteiger partial charge in [0.15, 0.2) is 5.13 Å². The van der Waals surface area contributed by atoms with Crippen molar-refractivity contribution in [3.05, 3.63) is 33.5 Å². The highest BCUT2D eigenvalue weighted by Gasteiger charge is 2.30. The molecule has 23 heavy (non-hydrogen) atoms. The summed E-state index contributed by atoms with van der Waals surface area (Å²) in [6.45, 7) is 3.35. The summed E-state index contributed by atoms with van der Waals surface area (Å²) < 4.78 is 5.49. The highest BCUT2D eigenvalue weighted by Crippen LogP contribution is 2.26. The van der Waals surface area contributed by atoms with E-state index in [0.717, 1.165) is 10.6 Å². The van der Waals surface area contributed by atoms with Crippen molar-refractivity contribution in [3.8, 4) is 0 Å². The van der Waals surface area contributed by atoms with Crippen LogP contribution >= 0.6 is 22.7 Å². The van der Waals surface area contributed by atoms with E-state index < -0.39 is 6.10 Å². The fraction of sp³-hybridized carbons (Fsp3) is 0.467. The van der Waals surface area contributed by atoms with Crippen LogP contribution in [-0.2, 0) is 4.74 Å². The van der Waals surface area contributed by atoms with Gasteiger partial charge in [0.05, 0.1) is 31.1 Å². The van der Waals surface area contributed by atoms with Crippen molar-refractivity contribution in [2.75, 3.05) is 25.1 Å². The molecule has 6 nitrogen and oxygen atoms in total. The lowest BCUT2D eigenvalue weighted by Gasteiger charge is -2.36. The minimum absolute atomic E-state index is 0.151. The number of morpholine rings is 1. The number of thiophene rings is 1. The Balaban J connectivity index is 1.64. The van der Waals surface area contributed by atoms with Crippen LogP contribution in [-0.4, -0.2) is 46.8 Å². The quantitative estimate of drug-likeness (QED) is 0.886. The van der Waals surface area contributed by atoms with E-state index in [0.29, 0.717) is 31.3 Å². The molecule has 124 valence electrons. The summed E-state index contributed by atoms with van der Waals surface area (Å²) in [5.41, 5.74) is 0.886. The summed E-state index contributed by atoms with van der Waals surface area (Å²) in [7, 11) is 0. The van der Waals surface area contributed by atoms with Crippen LogP contribution in [0.2, 0.25) is 0 Å². The Bertz CT molecular complexity index is 644. The van der Waals surface area contributed by atoms with E-state index in [2.05, 4.69) is 10.3 Å². The van der Waals surface area contributed by atoms with Crippen molar-refractivity contribution in [2.24, 2.45) is 0 Å². The van der Waals surface area contributed by atoms with Gasteiger partial charge in [0.2, 0.25) is 0 Å².